The highest BCUT2D eigenvalue weighted by atomic mass is 32.1. The minimum Gasteiger partial charge on any atom is -0.508 e. The maximum Gasteiger partial charge on any atom is 0.203 e. The Morgan fingerprint density at radius 1 is 0.627 bits per heavy atom. The van der Waals surface area contributed by atoms with Gasteiger partial charge in [-0.2, -0.15) is 10.2 Å². The van der Waals surface area contributed by atoms with Crippen LogP contribution in [0.3, 0.4) is 0 Å². The fourth-order valence-corrected chi connectivity index (χ4v) is 5.14. The van der Waals surface area contributed by atoms with E-state index in [-0.39, 0.29) is 23.0 Å². The highest BCUT2D eigenvalue weighted by molar-refractivity contribution is 7.13. The number of aromatic nitrogens is 1. The van der Waals surface area contributed by atoms with E-state index in [0.29, 0.717) is 16.3 Å². The van der Waals surface area contributed by atoms with Gasteiger partial charge in [0.15, 0.2) is 0 Å². The van der Waals surface area contributed by atoms with Crippen LogP contribution in [0.5, 0.6) is 34.5 Å². The Bertz CT molecular complexity index is 2070. The summed E-state index contributed by atoms with van der Waals surface area (Å²) in [4.78, 5) is 4.48. The van der Waals surface area contributed by atoms with Gasteiger partial charge < -0.3 is 35.2 Å². The zero-order chi connectivity index (χ0) is 36.0. The molecule has 12 nitrogen and oxygen atoms in total. The van der Waals surface area contributed by atoms with Crippen LogP contribution in [0, 0.1) is 0 Å². The van der Waals surface area contributed by atoms with Crippen LogP contribution >= 0.6 is 11.3 Å². The van der Waals surface area contributed by atoms with Crippen LogP contribution in [0.4, 0.5) is 22.2 Å². The minimum absolute atomic E-state index is 0.00528. The first kappa shape index (κ1) is 35.6. The third kappa shape index (κ3) is 10.9. The van der Waals surface area contributed by atoms with Gasteiger partial charge >= 0.3 is 0 Å². The Labute approximate surface area is 298 Å². The van der Waals surface area contributed by atoms with Crippen molar-refractivity contribution >= 4 is 46.0 Å². The molecule has 6 rings (SSSR count). The van der Waals surface area contributed by atoms with Gasteiger partial charge in [-0.25, -0.2) is 4.98 Å². The molecule has 0 unspecified atom stereocenters. The van der Waals surface area contributed by atoms with Gasteiger partial charge in [-0.3, -0.25) is 10.9 Å². The maximum absolute atomic E-state index is 9.70. The molecule has 7 N–H and O–H groups in total. The molecule has 0 fully saturated rings. The molecule has 0 radical (unpaired) electrons. The molecule has 6 aromatic rings. The predicted octanol–water partition coefficient (Wildman–Crippen LogP) is 7.90. The summed E-state index contributed by atoms with van der Waals surface area (Å²) < 4.78 is 10.3. The van der Waals surface area contributed by atoms with Gasteiger partial charge in [-0.05, 0) is 90.5 Å². The average Bonchev–Trinajstić information content (AvgIpc) is 3.58. The van der Waals surface area contributed by atoms with E-state index in [0.717, 1.165) is 46.2 Å². The molecule has 51 heavy (non-hydrogen) atoms. The van der Waals surface area contributed by atoms with E-state index in [9.17, 15) is 20.4 Å². The van der Waals surface area contributed by atoms with Crippen LogP contribution in [0.1, 0.15) is 22.4 Å². The zero-order valence-electron chi connectivity index (χ0n) is 27.7. The molecule has 1 aromatic heterocycles. The van der Waals surface area contributed by atoms with E-state index in [1.165, 1.54) is 48.0 Å². The van der Waals surface area contributed by atoms with E-state index in [1.807, 2.05) is 78.2 Å². The molecule has 260 valence electrons. The number of anilines is 4. The summed E-state index contributed by atoms with van der Waals surface area (Å²) in [7, 11) is 3.28. The molecule has 0 bridgehead atoms. The van der Waals surface area contributed by atoms with Crippen LogP contribution in [-0.4, -0.2) is 52.1 Å². The molecule has 0 aliphatic heterocycles. The molecule has 0 spiro atoms. The maximum atomic E-state index is 9.70. The lowest BCUT2D eigenvalue weighted by Gasteiger charge is -2.08. The van der Waals surface area contributed by atoms with Crippen molar-refractivity contribution in [3.05, 3.63) is 137 Å². The van der Waals surface area contributed by atoms with Crippen LogP contribution in [0.15, 0.2) is 125 Å². The molecule has 0 atom stereocenters. The van der Waals surface area contributed by atoms with E-state index < -0.39 is 0 Å². The lowest BCUT2D eigenvalue weighted by Crippen LogP contribution is -1.93. The first-order chi connectivity index (χ1) is 24.8. The molecule has 0 saturated carbocycles. The quantitative estimate of drug-likeness (QED) is 0.0490. The fourth-order valence-electron chi connectivity index (χ4n) is 4.48. The topological polar surface area (TPSA) is 173 Å². The van der Waals surface area contributed by atoms with Gasteiger partial charge in [-0.15, -0.1) is 11.3 Å². The minimum atomic E-state index is -0.0371. The highest BCUT2D eigenvalue weighted by Crippen LogP contribution is 2.24. The number of nitrogens with zero attached hydrogens (tertiary/aromatic N) is 3. The summed E-state index contributed by atoms with van der Waals surface area (Å²) in [5.74, 6) is 1.58. The van der Waals surface area contributed by atoms with Crippen molar-refractivity contribution in [2.24, 2.45) is 10.2 Å². The van der Waals surface area contributed by atoms with Crippen molar-refractivity contribution in [3.8, 4) is 34.5 Å². The Hall–Kier alpha value is -6.73. The molecule has 0 amide bonds. The molecule has 5 aromatic carbocycles. The molecule has 0 aliphatic carbocycles. The monoisotopic (exact) mass is 704 g/mol. The van der Waals surface area contributed by atoms with Gasteiger partial charge in [0.25, 0.3) is 0 Å². The number of hydrogen-bond acceptors (Lipinski definition) is 13. The first-order valence-electron chi connectivity index (χ1n) is 15.5. The van der Waals surface area contributed by atoms with E-state index in [2.05, 4.69) is 31.4 Å². The Balaban J connectivity index is 0.000000198. The normalized spacial score (nSPS) is 10.8. The fraction of sp³-hybridized carbons (Fsp3) is 0.0789. The number of phenols is 4. The second-order valence-corrected chi connectivity index (χ2v) is 11.7. The number of nitrogens with one attached hydrogen (secondary N) is 3. The number of ether oxygens (including phenoxy) is 2. The number of hydrazone groups is 2. The van der Waals surface area contributed by atoms with Crippen LogP contribution < -0.4 is 25.6 Å². The molecule has 0 saturated heterocycles. The molecular formula is C38H36N6O6S. The second kappa shape index (κ2) is 17.6. The molecule has 13 heteroatoms. The number of aromatic hydroxyl groups is 4. The molecule has 0 aliphatic rings. The number of benzene rings is 5. The summed E-state index contributed by atoms with van der Waals surface area (Å²) in [5, 5.41) is 52.0. The van der Waals surface area contributed by atoms with Gasteiger partial charge in [0.2, 0.25) is 5.13 Å². The largest absolute Gasteiger partial charge is 0.508 e. The summed E-state index contributed by atoms with van der Waals surface area (Å²) in [5.41, 5.74) is 11.6. The van der Waals surface area contributed by atoms with Crippen molar-refractivity contribution in [3.63, 3.8) is 0 Å². The Kier molecular flexibility index (Phi) is 12.3. The van der Waals surface area contributed by atoms with Crippen LogP contribution in [0.25, 0.3) is 0 Å². The van der Waals surface area contributed by atoms with Crippen molar-refractivity contribution in [2.75, 3.05) is 30.4 Å². The second-order valence-electron chi connectivity index (χ2n) is 10.8. The summed E-state index contributed by atoms with van der Waals surface area (Å²) in [6, 6.07) is 31.8. The summed E-state index contributed by atoms with van der Waals surface area (Å²) in [6.45, 7) is 0. The lowest BCUT2D eigenvalue weighted by molar-refractivity contribution is 0.414. The Morgan fingerprint density at radius 3 is 1.65 bits per heavy atom. The molecule has 1 heterocycles. The molecular weight excluding hydrogens is 669 g/mol. The third-order valence-corrected chi connectivity index (χ3v) is 7.94. The number of rotatable bonds is 12. The number of hydrogen-bond donors (Lipinski definition) is 7. The van der Waals surface area contributed by atoms with Gasteiger partial charge in [0.05, 0.1) is 38.0 Å². The zero-order valence-corrected chi connectivity index (χ0v) is 28.5. The highest BCUT2D eigenvalue weighted by Gasteiger charge is 2.04. The summed E-state index contributed by atoms with van der Waals surface area (Å²) in [6.07, 6.45) is 3.68. The van der Waals surface area contributed by atoms with Crippen molar-refractivity contribution in [1.29, 1.82) is 0 Å². The van der Waals surface area contributed by atoms with E-state index in [4.69, 9.17) is 9.47 Å². The third-order valence-electron chi connectivity index (χ3n) is 7.15. The number of methoxy groups -OCH3 is 2. The standard InChI is InChI=1S/C20H19N3O3.C18H17N3O3S/c1-26-19-10-7-16(8-11-19)22-15-3-5-17(6-4-15)23-21-13-14-2-9-18(24)12-20(14)25;1-24-16-6-2-12(3-7-16)8-14-11-25-18(20-14)21-19-10-13-4-5-15(22)9-17(13)23/h2-13,22-25H,1H3;2-7,9-11,22-23H,8H2,1H3,(H,20,21). The van der Waals surface area contributed by atoms with Gasteiger partial charge in [0.1, 0.15) is 34.5 Å². The van der Waals surface area contributed by atoms with Crippen LogP contribution in [0.2, 0.25) is 0 Å². The van der Waals surface area contributed by atoms with Gasteiger partial charge in [-0.1, -0.05) is 12.1 Å². The number of thiazole rings is 1. The van der Waals surface area contributed by atoms with Crippen molar-refractivity contribution in [2.45, 2.75) is 6.42 Å². The van der Waals surface area contributed by atoms with E-state index in [1.54, 1.807) is 26.4 Å². The SMILES string of the molecule is COc1ccc(Cc2csc(NN=Cc3ccc(O)cc3O)n2)cc1.COc1ccc(Nc2ccc(NN=Cc3ccc(O)cc3O)cc2)cc1. The Morgan fingerprint density at radius 2 is 1.12 bits per heavy atom. The van der Waals surface area contributed by atoms with Crippen molar-refractivity contribution < 1.29 is 29.9 Å². The van der Waals surface area contributed by atoms with E-state index >= 15 is 0 Å². The van der Waals surface area contributed by atoms with Crippen molar-refractivity contribution in [1.82, 2.24) is 4.98 Å². The van der Waals surface area contributed by atoms with Crippen LogP contribution in [-0.2, 0) is 6.42 Å². The first-order valence-corrected chi connectivity index (χ1v) is 16.4. The smallest absolute Gasteiger partial charge is 0.203 e. The summed E-state index contributed by atoms with van der Waals surface area (Å²) >= 11 is 1.46. The lowest BCUT2D eigenvalue weighted by atomic mass is 10.1. The average molecular weight is 705 g/mol. The van der Waals surface area contributed by atoms with Gasteiger partial charge in [0, 0.05) is 46.4 Å². The predicted molar refractivity (Wildman–Crippen MR) is 203 cm³/mol. The number of phenolic OH excluding ortho intramolecular Hbond substituents is 4.